The van der Waals surface area contributed by atoms with E-state index >= 15 is 0 Å². The number of amides is 2. The summed E-state index contributed by atoms with van der Waals surface area (Å²) < 4.78 is 0. The second-order valence-electron chi connectivity index (χ2n) is 5.28. The topological polar surface area (TPSA) is 49.4 Å². The zero-order chi connectivity index (χ0) is 11.7. The van der Waals surface area contributed by atoms with Crippen LogP contribution in [0.25, 0.3) is 0 Å². The molecule has 1 atom stereocenters. The van der Waals surface area contributed by atoms with Gasteiger partial charge in [-0.25, -0.2) is 0 Å². The summed E-state index contributed by atoms with van der Waals surface area (Å²) in [5.41, 5.74) is 0. The number of hydrogen-bond acceptors (Lipinski definition) is 2. The van der Waals surface area contributed by atoms with E-state index in [1.165, 1.54) is 12.8 Å². The van der Waals surface area contributed by atoms with Crippen molar-refractivity contribution in [3.05, 3.63) is 0 Å². The van der Waals surface area contributed by atoms with Gasteiger partial charge in [0.2, 0.25) is 11.8 Å². The normalized spacial score (nSPS) is 26.2. The minimum Gasteiger partial charge on any atom is -0.343 e. The molecule has 1 unspecified atom stereocenters. The Morgan fingerprint density at radius 1 is 1.38 bits per heavy atom. The van der Waals surface area contributed by atoms with Gasteiger partial charge in [-0.15, -0.1) is 0 Å². The Morgan fingerprint density at radius 2 is 2.06 bits per heavy atom. The molecular weight excluding hydrogens is 204 g/mol. The molecule has 1 saturated carbocycles. The number of rotatable bonds is 4. The average molecular weight is 224 g/mol. The van der Waals surface area contributed by atoms with Crippen LogP contribution < -0.4 is 5.32 Å². The standard InChI is InChI=1S/C12H20N2O2/c1-8(2)11-12(16)14(7-10(15)13-11)6-5-9-3-4-9/h8-9,11H,3-7H2,1-2H3,(H,13,15). The van der Waals surface area contributed by atoms with Gasteiger partial charge in [0.15, 0.2) is 0 Å². The van der Waals surface area contributed by atoms with Crippen molar-refractivity contribution in [3.8, 4) is 0 Å². The van der Waals surface area contributed by atoms with Crippen LogP contribution in [-0.4, -0.2) is 35.8 Å². The third-order valence-corrected chi connectivity index (χ3v) is 3.40. The molecule has 1 aliphatic heterocycles. The smallest absolute Gasteiger partial charge is 0.245 e. The minimum atomic E-state index is -0.319. The van der Waals surface area contributed by atoms with Crippen LogP contribution >= 0.6 is 0 Å². The molecule has 0 aromatic heterocycles. The minimum absolute atomic E-state index is 0.0194. The average Bonchev–Trinajstić information content (AvgIpc) is 3.02. The maximum Gasteiger partial charge on any atom is 0.245 e. The van der Waals surface area contributed by atoms with Gasteiger partial charge in [-0.1, -0.05) is 26.7 Å². The Labute approximate surface area is 96.4 Å². The number of nitrogens with zero attached hydrogens (tertiary/aromatic N) is 1. The van der Waals surface area contributed by atoms with Gasteiger partial charge in [-0.05, 0) is 18.3 Å². The molecule has 1 N–H and O–H groups in total. The fourth-order valence-corrected chi connectivity index (χ4v) is 2.11. The molecule has 0 spiro atoms. The zero-order valence-corrected chi connectivity index (χ0v) is 10.0. The first-order valence-electron chi connectivity index (χ1n) is 6.16. The molecule has 90 valence electrons. The molecule has 2 aliphatic rings. The van der Waals surface area contributed by atoms with E-state index in [2.05, 4.69) is 5.32 Å². The number of piperazine rings is 1. The second kappa shape index (κ2) is 4.44. The lowest BCUT2D eigenvalue weighted by atomic mass is 10.0. The van der Waals surface area contributed by atoms with Gasteiger partial charge >= 0.3 is 0 Å². The molecule has 2 rings (SSSR count). The Bertz CT molecular complexity index is 297. The van der Waals surface area contributed by atoms with Crippen LogP contribution in [-0.2, 0) is 9.59 Å². The highest BCUT2D eigenvalue weighted by atomic mass is 16.2. The highest BCUT2D eigenvalue weighted by Gasteiger charge is 2.35. The third-order valence-electron chi connectivity index (χ3n) is 3.40. The van der Waals surface area contributed by atoms with E-state index in [9.17, 15) is 9.59 Å². The van der Waals surface area contributed by atoms with Gasteiger partial charge < -0.3 is 10.2 Å². The van der Waals surface area contributed by atoms with E-state index in [4.69, 9.17) is 0 Å². The lowest BCUT2D eigenvalue weighted by Crippen LogP contribution is -2.59. The van der Waals surface area contributed by atoms with Crippen LogP contribution in [0.4, 0.5) is 0 Å². The first-order chi connectivity index (χ1) is 7.58. The summed E-state index contributed by atoms with van der Waals surface area (Å²) in [6.45, 7) is 4.93. The van der Waals surface area contributed by atoms with Crippen molar-refractivity contribution >= 4 is 11.8 Å². The Hall–Kier alpha value is -1.06. The Balaban J connectivity index is 1.93. The Morgan fingerprint density at radius 3 is 2.62 bits per heavy atom. The van der Waals surface area contributed by atoms with E-state index in [0.717, 1.165) is 18.9 Å². The summed E-state index contributed by atoms with van der Waals surface area (Å²) in [7, 11) is 0. The van der Waals surface area contributed by atoms with Crippen LogP contribution in [0.1, 0.15) is 33.1 Å². The summed E-state index contributed by atoms with van der Waals surface area (Å²) in [5.74, 6) is 1.04. The van der Waals surface area contributed by atoms with Crippen molar-refractivity contribution in [3.63, 3.8) is 0 Å². The largest absolute Gasteiger partial charge is 0.343 e. The van der Waals surface area contributed by atoms with Crippen molar-refractivity contribution in [1.29, 1.82) is 0 Å². The predicted octanol–water partition coefficient (Wildman–Crippen LogP) is 0.769. The van der Waals surface area contributed by atoms with Gasteiger partial charge in [0.25, 0.3) is 0 Å². The lowest BCUT2D eigenvalue weighted by Gasteiger charge is -2.34. The number of hydrogen-bond donors (Lipinski definition) is 1. The van der Waals surface area contributed by atoms with Crippen LogP contribution in [0.3, 0.4) is 0 Å². The molecule has 0 radical (unpaired) electrons. The summed E-state index contributed by atoms with van der Waals surface area (Å²) in [6, 6.07) is -0.319. The van der Waals surface area contributed by atoms with Crippen molar-refractivity contribution in [2.24, 2.45) is 11.8 Å². The summed E-state index contributed by atoms with van der Waals surface area (Å²) in [5, 5.41) is 2.77. The maximum absolute atomic E-state index is 12.1. The second-order valence-corrected chi connectivity index (χ2v) is 5.28. The van der Waals surface area contributed by atoms with E-state index in [1.54, 1.807) is 4.90 Å². The number of carbonyl (C=O) groups excluding carboxylic acids is 2. The van der Waals surface area contributed by atoms with Crippen LogP contribution in [0.15, 0.2) is 0 Å². The number of carbonyl (C=O) groups is 2. The van der Waals surface area contributed by atoms with Crippen molar-refractivity contribution < 1.29 is 9.59 Å². The first kappa shape index (κ1) is 11.4. The van der Waals surface area contributed by atoms with Gasteiger partial charge in [0.1, 0.15) is 6.04 Å². The van der Waals surface area contributed by atoms with E-state index in [1.807, 2.05) is 13.8 Å². The fourth-order valence-electron chi connectivity index (χ4n) is 2.11. The third kappa shape index (κ3) is 2.54. The molecule has 0 aromatic rings. The van der Waals surface area contributed by atoms with Gasteiger partial charge in [0.05, 0.1) is 6.54 Å². The van der Waals surface area contributed by atoms with Gasteiger partial charge in [-0.2, -0.15) is 0 Å². The molecule has 4 heteroatoms. The molecule has 1 heterocycles. The molecule has 0 bridgehead atoms. The van der Waals surface area contributed by atoms with E-state index < -0.39 is 0 Å². The molecule has 1 aliphatic carbocycles. The van der Waals surface area contributed by atoms with Gasteiger partial charge in [-0.3, -0.25) is 9.59 Å². The highest BCUT2D eigenvalue weighted by molar-refractivity contribution is 5.94. The summed E-state index contributed by atoms with van der Waals surface area (Å²) in [4.78, 5) is 25.3. The lowest BCUT2D eigenvalue weighted by molar-refractivity contribution is -0.145. The number of nitrogens with one attached hydrogen (secondary N) is 1. The fraction of sp³-hybridized carbons (Fsp3) is 0.833. The van der Waals surface area contributed by atoms with Crippen molar-refractivity contribution in [2.75, 3.05) is 13.1 Å². The van der Waals surface area contributed by atoms with Crippen LogP contribution in [0, 0.1) is 11.8 Å². The first-order valence-corrected chi connectivity index (χ1v) is 6.16. The quantitative estimate of drug-likeness (QED) is 0.766. The Kier molecular flexibility index (Phi) is 3.17. The molecule has 2 amide bonds. The van der Waals surface area contributed by atoms with Gasteiger partial charge in [0, 0.05) is 6.54 Å². The van der Waals surface area contributed by atoms with Crippen molar-refractivity contribution in [1.82, 2.24) is 10.2 Å². The van der Waals surface area contributed by atoms with E-state index in [-0.39, 0.29) is 30.3 Å². The molecular formula is C12H20N2O2. The highest BCUT2D eigenvalue weighted by Crippen LogP contribution is 2.32. The summed E-state index contributed by atoms with van der Waals surface area (Å²) >= 11 is 0. The predicted molar refractivity (Wildman–Crippen MR) is 60.7 cm³/mol. The van der Waals surface area contributed by atoms with Crippen LogP contribution in [0.2, 0.25) is 0 Å². The monoisotopic (exact) mass is 224 g/mol. The molecule has 1 saturated heterocycles. The van der Waals surface area contributed by atoms with Crippen molar-refractivity contribution in [2.45, 2.75) is 39.2 Å². The van der Waals surface area contributed by atoms with E-state index in [0.29, 0.717) is 0 Å². The molecule has 4 nitrogen and oxygen atoms in total. The summed E-state index contributed by atoms with van der Waals surface area (Å²) in [6.07, 6.45) is 3.65. The maximum atomic E-state index is 12.1. The van der Waals surface area contributed by atoms with Crippen LogP contribution in [0.5, 0.6) is 0 Å². The molecule has 0 aromatic carbocycles. The zero-order valence-electron chi connectivity index (χ0n) is 10.0. The molecule has 16 heavy (non-hydrogen) atoms. The molecule has 2 fully saturated rings. The SMILES string of the molecule is CC(C)C1NC(=O)CN(CCC2CC2)C1=O.